The van der Waals surface area contributed by atoms with Gasteiger partial charge in [-0.1, -0.05) is 24.3 Å². The number of Topliss-reactive ketones (excluding diaryl/α,β-unsaturated/α-hetero) is 1. The second-order valence-corrected chi connectivity index (χ2v) is 6.30. The summed E-state index contributed by atoms with van der Waals surface area (Å²) in [5.41, 5.74) is 3.41. The quantitative estimate of drug-likeness (QED) is 0.803. The van der Waals surface area contributed by atoms with Gasteiger partial charge in [0.1, 0.15) is 18.5 Å². The molecule has 1 unspecified atom stereocenters. The molecule has 2 aromatic rings. The van der Waals surface area contributed by atoms with Crippen LogP contribution in [0.5, 0.6) is 5.75 Å². The fourth-order valence-electron chi connectivity index (χ4n) is 3.04. The van der Waals surface area contributed by atoms with Crippen LogP contribution in [-0.4, -0.2) is 41.6 Å². The predicted octanol–water partition coefficient (Wildman–Crippen LogP) is 3.11. The Morgan fingerprint density at radius 1 is 1.16 bits per heavy atom. The summed E-state index contributed by atoms with van der Waals surface area (Å²) >= 11 is 0. The van der Waals surface area contributed by atoms with Gasteiger partial charge < -0.3 is 9.84 Å². The molecule has 0 amide bonds. The number of rotatable bonds is 6. The van der Waals surface area contributed by atoms with Gasteiger partial charge in [-0.25, -0.2) is 0 Å². The summed E-state index contributed by atoms with van der Waals surface area (Å²) < 4.78 is 5.63. The lowest BCUT2D eigenvalue weighted by atomic mass is 10.00. The lowest BCUT2D eigenvalue weighted by Crippen LogP contribution is -2.38. The summed E-state index contributed by atoms with van der Waals surface area (Å²) in [5, 5.41) is 10.2. The first kappa shape index (κ1) is 19.4. The molecule has 0 saturated heterocycles. The van der Waals surface area contributed by atoms with Crippen molar-refractivity contribution in [3.8, 4) is 5.75 Å². The number of ketones is 1. The molecule has 3 rings (SSSR count). The number of hydrogen-bond acceptors (Lipinski definition) is 4. The van der Waals surface area contributed by atoms with Crippen molar-refractivity contribution in [1.82, 2.24) is 4.90 Å². The maximum Gasteiger partial charge on any atom is 0.159 e. The molecule has 2 aromatic carbocycles. The Hall–Kier alpha value is -1.88. The zero-order valence-electron chi connectivity index (χ0n) is 14.4. The average molecular weight is 362 g/mol. The summed E-state index contributed by atoms with van der Waals surface area (Å²) in [6.45, 7) is 4.22. The van der Waals surface area contributed by atoms with Crippen LogP contribution < -0.4 is 4.74 Å². The number of carbonyl (C=O) groups excluding carboxylic acids is 1. The standard InChI is InChI=1S/C20H23NO3.ClH/c1-15(22)16-6-8-20(9-7-16)24-14-19(23)13-21-11-10-17-4-2-3-5-18(17)12-21;/h2-9,19,23H,10-14H2,1H3;1H. The van der Waals surface area contributed by atoms with Crippen LogP contribution in [0.3, 0.4) is 0 Å². The first-order valence-corrected chi connectivity index (χ1v) is 8.33. The van der Waals surface area contributed by atoms with Crippen LogP contribution in [0.15, 0.2) is 48.5 Å². The Kier molecular flexibility index (Phi) is 7.00. The van der Waals surface area contributed by atoms with Gasteiger partial charge in [0.2, 0.25) is 0 Å². The summed E-state index contributed by atoms with van der Waals surface area (Å²) in [6.07, 6.45) is 0.485. The Balaban J connectivity index is 0.00000225. The fourth-order valence-corrected chi connectivity index (χ4v) is 3.04. The van der Waals surface area contributed by atoms with Crippen LogP contribution in [0.25, 0.3) is 0 Å². The van der Waals surface area contributed by atoms with Crippen LogP contribution in [0.1, 0.15) is 28.4 Å². The van der Waals surface area contributed by atoms with E-state index >= 15 is 0 Å². The van der Waals surface area contributed by atoms with Crippen molar-refractivity contribution < 1.29 is 14.6 Å². The number of fused-ring (bicyclic) bond motifs is 1. The SMILES string of the molecule is CC(=O)c1ccc(OCC(O)CN2CCc3ccccc3C2)cc1.Cl. The molecule has 0 radical (unpaired) electrons. The molecule has 0 fully saturated rings. The van der Waals surface area contributed by atoms with Gasteiger partial charge in [-0.15, -0.1) is 12.4 Å². The average Bonchev–Trinajstić information content (AvgIpc) is 2.60. The zero-order chi connectivity index (χ0) is 16.9. The third kappa shape index (κ3) is 5.30. The highest BCUT2D eigenvalue weighted by Gasteiger charge is 2.18. The number of carbonyl (C=O) groups is 1. The maximum absolute atomic E-state index is 11.2. The number of aliphatic hydroxyl groups is 1. The molecule has 1 aliphatic rings. The van der Waals surface area contributed by atoms with Gasteiger partial charge in [-0.3, -0.25) is 9.69 Å². The minimum Gasteiger partial charge on any atom is -0.491 e. The van der Waals surface area contributed by atoms with E-state index in [-0.39, 0.29) is 24.8 Å². The molecule has 0 aromatic heterocycles. The topological polar surface area (TPSA) is 49.8 Å². The number of halogens is 1. The van der Waals surface area contributed by atoms with E-state index in [2.05, 4.69) is 29.2 Å². The lowest BCUT2D eigenvalue weighted by Gasteiger charge is -2.30. The number of aliphatic hydroxyl groups excluding tert-OH is 1. The molecule has 1 heterocycles. The Morgan fingerprint density at radius 2 is 1.84 bits per heavy atom. The Bertz CT molecular complexity index is 702. The summed E-state index contributed by atoms with van der Waals surface area (Å²) in [5.74, 6) is 0.704. The molecule has 134 valence electrons. The number of β-amino-alcohol motifs (C(OH)–C–C–N with tert-alkyl or cyclic N) is 1. The van der Waals surface area contributed by atoms with Gasteiger partial charge in [-0.2, -0.15) is 0 Å². The largest absolute Gasteiger partial charge is 0.491 e. The predicted molar refractivity (Wildman–Crippen MR) is 101 cm³/mol. The Labute approximate surface area is 154 Å². The van der Waals surface area contributed by atoms with E-state index < -0.39 is 6.10 Å². The van der Waals surface area contributed by atoms with E-state index in [0.29, 0.717) is 17.9 Å². The Morgan fingerprint density at radius 3 is 2.52 bits per heavy atom. The normalized spacial score (nSPS) is 15.0. The van der Waals surface area contributed by atoms with Gasteiger partial charge in [0.15, 0.2) is 5.78 Å². The van der Waals surface area contributed by atoms with Crippen LogP contribution in [0.2, 0.25) is 0 Å². The molecular weight excluding hydrogens is 338 g/mol. The molecule has 25 heavy (non-hydrogen) atoms. The van der Waals surface area contributed by atoms with Crippen LogP contribution in [0, 0.1) is 0 Å². The minimum absolute atomic E-state index is 0. The van der Waals surface area contributed by atoms with Crippen molar-refractivity contribution in [3.63, 3.8) is 0 Å². The smallest absolute Gasteiger partial charge is 0.159 e. The van der Waals surface area contributed by atoms with E-state index in [9.17, 15) is 9.90 Å². The molecule has 0 spiro atoms. The highest BCUT2D eigenvalue weighted by Crippen LogP contribution is 2.19. The van der Waals surface area contributed by atoms with Crippen LogP contribution in [-0.2, 0) is 13.0 Å². The lowest BCUT2D eigenvalue weighted by molar-refractivity contribution is 0.0637. The van der Waals surface area contributed by atoms with Crippen molar-refractivity contribution in [2.45, 2.75) is 26.0 Å². The van der Waals surface area contributed by atoms with Gasteiger partial charge in [0.25, 0.3) is 0 Å². The highest BCUT2D eigenvalue weighted by molar-refractivity contribution is 5.94. The molecule has 1 atom stereocenters. The van der Waals surface area contributed by atoms with E-state index in [0.717, 1.165) is 19.5 Å². The van der Waals surface area contributed by atoms with E-state index in [1.54, 1.807) is 24.3 Å². The van der Waals surface area contributed by atoms with Crippen molar-refractivity contribution in [1.29, 1.82) is 0 Å². The van der Waals surface area contributed by atoms with Crippen LogP contribution >= 0.6 is 12.4 Å². The van der Waals surface area contributed by atoms with Gasteiger partial charge in [-0.05, 0) is 48.7 Å². The first-order valence-electron chi connectivity index (χ1n) is 8.33. The van der Waals surface area contributed by atoms with Crippen molar-refractivity contribution in [2.24, 2.45) is 0 Å². The second kappa shape index (κ2) is 8.99. The van der Waals surface area contributed by atoms with E-state index in [1.165, 1.54) is 18.1 Å². The molecule has 1 N–H and O–H groups in total. The molecule has 0 bridgehead atoms. The van der Waals surface area contributed by atoms with Gasteiger partial charge >= 0.3 is 0 Å². The number of nitrogens with zero attached hydrogens (tertiary/aromatic N) is 1. The molecule has 0 saturated carbocycles. The second-order valence-electron chi connectivity index (χ2n) is 6.30. The van der Waals surface area contributed by atoms with E-state index in [4.69, 9.17) is 4.74 Å². The van der Waals surface area contributed by atoms with Gasteiger partial charge in [0, 0.05) is 25.2 Å². The molecular formula is C20H24ClNO3. The zero-order valence-corrected chi connectivity index (χ0v) is 15.2. The molecule has 0 aliphatic carbocycles. The monoisotopic (exact) mass is 361 g/mol. The number of ether oxygens (including phenoxy) is 1. The van der Waals surface area contributed by atoms with Gasteiger partial charge in [0.05, 0.1) is 0 Å². The third-order valence-corrected chi connectivity index (χ3v) is 4.38. The molecule has 4 nitrogen and oxygen atoms in total. The van der Waals surface area contributed by atoms with Crippen molar-refractivity contribution in [3.05, 3.63) is 65.2 Å². The molecule has 5 heteroatoms. The first-order chi connectivity index (χ1) is 11.6. The van der Waals surface area contributed by atoms with Crippen molar-refractivity contribution >= 4 is 18.2 Å². The fraction of sp³-hybridized carbons (Fsp3) is 0.350. The van der Waals surface area contributed by atoms with Crippen LogP contribution in [0.4, 0.5) is 0 Å². The van der Waals surface area contributed by atoms with E-state index in [1.807, 2.05) is 0 Å². The minimum atomic E-state index is -0.539. The highest BCUT2D eigenvalue weighted by atomic mass is 35.5. The summed E-state index contributed by atoms with van der Waals surface area (Å²) in [4.78, 5) is 13.5. The number of hydrogen-bond donors (Lipinski definition) is 1. The number of benzene rings is 2. The summed E-state index contributed by atoms with van der Waals surface area (Å²) in [6, 6.07) is 15.5. The summed E-state index contributed by atoms with van der Waals surface area (Å²) in [7, 11) is 0. The third-order valence-electron chi connectivity index (χ3n) is 4.38. The maximum atomic E-state index is 11.2. The molecule has 1 aliphatic heterocycles. The van der Waals surface area contributed by atoms with Crippen molar-refractivity contribution in [2.75, 3.05) is 19.7 Å².